The Morgan fingerprint density at radius 2 is 1.70 bits per heavy atom. The van der Waals surface area contributed by atoms with E-state index in [1.54, 1.807) is 0 Å². The largest absolute Gasteiger partial charge is 0.392 e. The van der Waals surface area contributed by atoms with E-state index in [0.717, 1.165) is 19.3 Å². The molecule has 0 bridgehead atoms. The standard InChI is InChI=1S/C7H15NO.ClH/c8-6-4-2-1-3-5-7(6)9;/h6-7,9H,1-5,8H2;1H/t6-,7+;/m1./s1. The van der Waals surface area contributed by atoms with Crippen LogP contribution < -0.4 is 5.73 Å². The van der Waals surface area contributed by atoms with Crippen LogP contribution in [0.5, 0.6) is 0 Å². The molecule has 0 spiro atoms. The lowest BCUT2D eigenvalue weighted by atomic mass is 10.1. The third-order valence-electron chi connectivity index (χ3n) is 2.03. The first-order valence-electron chi connectivity index (χ1n) is 3.74. The monoisotopic (exact) mass is 165 g/mol. The van der Waals surface area contributed by atoms with E-state index in [9.17, 15) is 5.11 Å². The maximum absolute atomic E-state index is 9.23. The molecule has 3 heteroatoms. The zero-order valence-corrected chi connectivity index (χ0v) is 6.94. The Labute approximate surface area is 68.2 Å². The molecule has 1 rings (SSSR count). The molecule has 2 nitrogen and oxygen atoms in total. The van der Waals surface area contributed by atoms with Gasteiger partial charge in [-0.2, -0.15) is 0 Å². The summed E-state index contributed by atoms with van der Waals surface area (Å²) in [4.78, 5) is 0. The summed E-state index contributed by atoms with van der Waals surface area (Å²) in [5, 5.41) is 9.23. The van der Waals surface area contributed by atoms with Crippen molar-refractivity contribution in [2.45, 2.75) is 44.2 Å². The van der Waals surface area contributed by atoms with Gasteiger partial charge in [0.1, 0.15) is 0 Å². The number of aliphatic hydroxyl groups is 1. The SMILES string of the molecule is Cl.N[C@@H]1CCCCC[C@@H]1O. The van der Waals surface area contributed by atoms with Crippen LogP contribution in [0.2, 0.25) is 0 Å². The fourth-order valence-corrected chi connectivity index (χ4v) is 1.32. The summed E-state index contributed by atoms with van der Waals surface area (Å²) >= 11 is 0. The minimum atomic E-state index is -0.229. The highest BCUT2D eigenvalue weighted by Gasteiger charge is 2.16. The number of rotatable bonds is 0. The number of halogens is 1. The molecule has 1 aliphatic rings. The van der Waals surface area contributed by atoms with Crippen molar-refractivity contribution in [2.24, 2.45) is 5.73 Å². The summed E-state index contributed by atoms with van der Waals surface area (Å²) in [5.74, 6) is 0. The molecule has 1 saturated carbocycles. The highest BCUT2D eigenvalue weighted by Crippen LogP contribution is 2.15. The summed E-state index contributed by atoms with van der Waals surface area (Å²) in [5.41, 5.74) is 5.63. The molecule has 62 valence electrons. The molecule has 0 aromatic carbocycles. The molecule has 0 amide bonds. The summed E-state index contributed by atoms with van der Waals surface area (Å²) < 4.78 is 0. The van der Waals surface area contributed by atoms with Crippen molar-refractivity contribution < 1.29 is 5.11 Å². The highest BCUT2D eigenvalue weighted by molar-refractivity contribution is 5.85. The third-order valence-corrected chi connectivity index (χ3v) is 2.03. The zero-order valence-electron chi connectivity index (χ0n) is 6.12. The average Bonchev–Trinajstić information content (AvgIpc) is 1.99. The van der Waals surface area contributed by atoms with Crippen LogP contribution in [0, 0.1) is 0 Å². The van der Waals surface area contributed by atoms with Crippen LogP contribution in [0.3, 0.4) is 0 Å². The molecule has 0 radical (unpaired) electrons. The molecule has 0 aromatic heterocycles. The predicted octanol–water partition coefficient (Wildman–Crippen LogP) is 1.06. The van der Waals surface area contributed by atoms with E-state index in [1.165, 1.54) is 12.8 Å². The Balaban J connectivity index is 0.000000810. The van der Waals surface area contributed by atoms with E-state index in [1.807, 2.05) is 0 Å². The van der Waals surface area contributed by atoms with Gasteiger partial charge < -0.3 is 10.8 Å². The fraction of sp³-hybridized carbons (Fsp3) is 1.00. The van der Waals surface area contributed by atoms with Gasteiger partial charge in [0, 0.05) is 6.04 Å². The Hall–Kier alpha value is 0.210. The van der Waals surface area contributed by atoms with Gasteiger partial charge in [-0.25, -0.2) is 0 Å². The molecular weight excluding hydrogens is 150 g/mol. The van der Waals surface area contributed by atoms with Crippen LogP contribution in [0.25, 0.3) is 0 Å². The van der Waals surface area contributed by atoms with E-state index < -0.39 is 0 Å². The predicted molar refractivity (Wildman–Crippen MR) is 44.3 cm³/mol. The van der Waals surface area contributed by atoms with Gasteiger partial charge in [0.05, 0.1) is 6.10 Å². The van der Waals surface area contributed by atoms with Gasteiger partial charge in [-0.05, 0) is 12.8 Å². The summed E-state index contributed by atoms with van der Waals surface area (Å²) in [6.45, 7) is 0. The fourth-order valence-electron chi connectivity index (χ4n) is 1.32. The Morgan fingerprint density at radius 3 is 2.40 bits per heavy atom. The number of hydrogen-bond acceptors (Lipinski definition) is 2. The van der Waals surface area contributed by atoms with Crippen LogP contribution in [0.4, 0.5) is 0 Å². The number of aliphatic hydroxyl groups excluding tert-OH is 1. The van der Waals surface area contributed by atoms with E-state index in [2.05, 4.69) is 0 Å². The van der Waals surface area contributed by atoms with E-state index >= 15 is 0 Å². The molecule has 3 N–H and O–H groups in total. The van der Waals surface area contributed by atoms with Crippen molar-refractivity contribution >= 4 is 12.4 Å². The first-order valence-corrected chi connectivity index (χ1v) is 3.74. The van der Waals surface area contributed by atoms with Crippen molar-refractivity contribution in [3.05, 3.63) is 0 Å². The van der Waals surface area contributed by atoms with Gasteiger partial charge in [0.2, 0.25) is 0 Å². The Morgan fingerprint density at radius 1 is 1.10 bits per heavy atom. The van der Waals surface area contributed by atoms with Crippen LogP contribution in [0.1, 0.15) is 32.1 Å². The minimum absolute atomic E-state index is 0. The maximum Gasteiger partial charge on any atom is 0.0691 e. The normalized spacial score (nSPS) is 34.2. The van der Waals surface area contributed by atoms with Crippen LogP contribution in [0.15, 0.2) is 0 Å². The highest BCUT2D eigenvalue weighted by atomic mass is 35.5. The molecular formula is C7H16ClNO. The van der Waals surface area contributed by atoms with E-state index in [-0.39, 0.29) is 24.6 Å². The second kappa shape index (κ2) is 4.94. The minimum Gasteiger partial charge on any atom is -0.392 e. The van der Waals surface area contributed by atoms with Gasteiger partial charge in [-0.15, -0.1) is 12.4 Å². The maximum atomic E-state index is 9.23. The smallest absolute Gasteiger partial charge is 0.0691 e. The second-order valence-electron chi connectivity index (χ2n) is 2.87. The van der Waals surface area contributed by atoms with Crippen LogP contribution >= 0.6 is 12.4 Å². The molecule has 0 aromatic rings. The zero-order chi connectivity index (χ0) is 6.69. The van der Waals surface area contributed by atoms with Crippen molar-refractivity contribution in [1.82, 2.24) is 0 Å². The first kappa shape index (κ1) is 10.2. The van der Waals surface area contributed by atoms with Crippen LogP contribution in [-0.2, 0) is 0 Å². The summed E-state index contributed by atoms with van der Waals surface area (Å²) in [6.07, 6.45) is 5.26. The Kier molecular flexibility index (Phi) is 5.04. The number of nitrogens with two attached hydrogens (primary N) is 1. The van der Waals surface area contributed by atoms with Crippen LogP contribution in [-0.4, -0.2) is 17.3 Å². The van der Waals surface area contributed by atoms with Crippen molar-refractivity contribution in [1.29, 1.82) is 0 Å². The summed E-state index contributed by atoms with van der Waals surface area (Å²) in [7, 11) is 0. The first-order chi connectivity index (χ1) is 4.30. The molecule has 0 aliphatic heterocycles. The summed E-state index contributed by atoms with van der Waals surface area (Å²) in [6, 6.07) is 0.0486. The lowest BCUT2D eigenvalue weighted by molar-refractivity contribution is 0.137. The van der Waals surface area contributed by atoms with E-state index in [0.29, 0.717) is 0 Å². The average molecular weight is 166 g/mol. The van der Waals surface area contributed by atoms with Gasteiger partial charge in [-0.1, -0.05) is 19.3 Å². The molecule has 1 aliphatic carbocycles. The van der Waals surface area contributed by atoms with Gasteiger partial charge in [0.15, 0.2) is 0 Å². The number of hydrogen-bond donors (Lipinski definition) is 2. The molecule has 0 unspecified atom stereocenters. The lowest BCUT2D eigenvalue weighted by Gasteiger charge is -2.13. The lowest BCUT2D eigenvalue weighted by Crippen LogP contribution is -2.33. The molecule has 0 heterocycles. The van der Waals surface area contributed by atoms with E-state index in [4.69, 9.17) is 5.73 Å². The molecule has 2 atom stereocenters. The third kappa shape index (κ3) is 2.86. The second-order valence-corrected chi connectivity index (χ2v) is 2.87. The topological polar surface area (TPSA) is 46.2 Å². The molecule has 10 heavy (non-hydrogen) atoms. The van der Waals surface area contributed by atoms with Crippen molar-refractivity contribution in [2.75, 3.05) is 0 Å². The van der Waals surface area contributed by atoms with Gasteiger partial charge in [-0.3, -0.25) is 0 Å². The molecule has 0 saturated heterocycles. The molecule has 1 fully saturated rings. The van der Waals surface area contributed by atoms with Crippen molar-refractivity contribution in [3.8, 4) is 0 Å². The van der Waals surface area contributed by atoms with Gasteiger partial charge >= 0.3 is 0 Å². The van der Waals surface area contributed by atoms with Crippen molar-refractivity contribution in [3.63, 3.8) is 0 Å². The quantitative estimate of drug-likeness (QED) is 0.528. The van der Waals surface area contributed by atoms with Gasteiger partial charge in [0.25, 0.3) is 0 Å². The Bertz CT molecular complexity index is 79.7.